The molecule has 2 N–H and O–H groups in total. The summed E-state index contributed by atoms with van der Waals surface area (Å²) in [4.78, 5) is 42.4. The minimum Gasteiger partial charge on any atom is -0.444 e. The van der Waals surface area contributed by atoms with Crippen molar-refractivity contribution in [1.82, 2.24) is 9.97 Å². The number of nitrogens with zero attached hydrogens (tertiary/aromatic N) is 1. The average Bonchev–Trinajstić information content (AvgIpc) is 2.70. The maximum Gasteiger partial charge on any atom is 0.412 e. The first kappa shape index (κ1) is 18.1. The molecule has 7 nitrogen and oxygen atoms in total. The van der Waals surface area contributed by atoms with Gasteiger partial charge in [0.25, 0.3) is 5.56 Å². The zero-order chi connectivity index (χ0) is 19.1. The number of hydrogen-bond acceptors (Lipinski definition) is 5. The van der Waals surface area contributed by atoms with Crippen LogP contribution in [-0.4, -0.2) is 22.3 Å². The number of aromatic amines is 1. The number of H-pyrrole nitrogens is 1. The lowest BCUT2D eigenvalue weighted by Crippen LogP contribution is -2.24. The van der Waals surface area contributed by atoms with E-state index in [1.807, 2.05) is 48.5 Å². The van der Waals surface area contributed by atoms with Crippen molar-refractivity contribution in [3.8, 4) is 11.4 Å². The van der Waals surface area contributed by atoms with E-state index in [1.165, 1.54) is 0 Å². The van der Waals surface area contributed by atoms with Gasteiger partial charge in [0.1, 0.15) is 24.4 Å². The van der Waals surface area contributed by atoms with Gasteiger partial charge in [-0.05, 0) is 5.56 Å². The molecule has 0 aliphatic carbocycles. The Morgan fingerprint density at radius 2 is 1.74 bits per heavy atom. The van der Waals surface area contributed by atoms with Gasteiger partial charge in [-0.1, -0.05) is 60.7 Å². The van der Waals surface area contributed by atoms with Gasteiger partial charge in [-0.25, -0.2) is 9.78 Å². The van der Waals surface area contributed by atoms with Gasteiger partial charge >= 0.3 is 6.09 Å². The van der Waals surface area contributed by atoms with Gasteiger partial charge < -0.3 is 14.5 Å². The Morgan fingerprint density at radius 1 is 1.07 bits per heavy atom. The Labute approximate surface area is 155 Å². The molecule has 0 fully saturated rings. The average molecular weight is 363 g/mol. The van der Waals surface area contributed by atoms with Gasteiger partial charge in [-0.15, -0.1) is 0 Å². The van der Waals surface area contributed by atoms with Crippen molar-refractivity contribution in [1.29, 1.82) is 0 Å². The number of carbonyl (C=O) groups excluding carboxylic acids is 2. The minimum atomic E-state index is -0.800. The summed E-state index contributed by atoms with van der Waals surface area (Å²) in [5.41, 5.74) is 1.02. The molecule has 0 unspecified atom stereocenters. The van der Waals surface area contributed by atoms with Crippen molar-refractivity contribution in [2.45, 2.75) is 13.0 Å². The number of ether oxygens (including phenoxy) is 1. The van der Waals surface area contributed by atoms with Crippen LogP contribution in [-0.2, 0) is 22.6 Å². The Kier molecular flexibility index (Phi) is 5.73. The molecule has 0 saturated carbocycles. The molecule has 0 aliphatic heterocycles. The summed E-state index contributed by atoms with van der Waals surface area (Å²) < 4.78 is 5.12. The summed E-state index contributed by atoms with van der Waals surface area (Å²) >= 11 is 0. The highest BCUT2D eigenvalue weighted by atomic mass is 16.5. The summed E-state index contributed by atoms with van der Waals surface area (Å²) in [5, 5.41) is 2.39. The maximum atomic E-state index is 12.4. The monoisotopic (exact) mass is 363 g/mol. The molecule has 0 saturated heterocycles. The van der Waals surface area contributed by atoms with Crippen LogP contribution in [0.4, 0.5) is 10.5 Å². The molecule has 1 aromatic heterocycles. The van der Waals surface area contributed by atoms with E-state index in [2.05, 4.69) is 15.3 Å². The zero-order valence-corrected chi connectivity index (χ0v) is 14.3. The molecule has 1 amide bonds. The molecule has 0 aliphatic rings. The zero-order valence-electron chi connectivity index (χ0n) is 14.3. The SMILES string of the molecule is O=CCc1nc(-c2ccccc2)[nH]c(=O)c1NC(=O)OCc1ccccc1. The summed E-state index contributed by atoms with van der Waals surface area (Å²) in [6, 6.07) is 18.2. The third-order valence-electron chi connectivity index (χ3n) is 3.76. The number of aromatic nitrogens is 2. The van der Waals surface area contributed by atoms with E-state index >= 15 is 0 Å². The number of aldehydes is 1. The minimum absolute atomic E-state index is 0.0587. The van der Waals surface area contributed by atoms with Crippen LogP contribution in [0.1, 0.15) is 11.3 Å². The van der Waals surface area contributed by atoms with Crippen molar-refractivity contribution in [2.24, 2.45) is 0 Å². The standard InChI is InChI=1S/C20H17N3O4/c24-12-11-16-17(22-20(26)27-13-14-7-3-1-4-8-14)19(25)23-18(21-16)15-9-5-2-6-10-15/h1-10,12H,11,13H2,(H,22,26)(H,21,23,25). The van der Waals surface area contributed by atoms with E-state index < -0.39 is 11.7 Å². The molecule has 27 heavy (non-hydrogen) atoms. The smallest absolute Gasteiger partial charge is 0.412 e. The van der Waals surface area contributed by atoms with Gasteiger partial charge in [-0.3, -0.25) is 10.1 Å². The summed E-state index contributed by atoms with van der Waals surface area (Å²) in [6.45, 7) is 0.0587. The molecule has 0 bridgehead atoms. The van der Waals surface area contributed by atoms with Crippen LogP contribution < -0.4 is 10.9 Å². The van der Waals surface area contributed by atoms with Gasteiger partial charge in [0.05, 0.1) is 5.69 Å². The maximum absolute atomic E-state index is 12.4. The molecule has 0 atom stereocenters. The Bertz CT molecular complexity index is 985. The van der Waals surface area contributed by atoms with E-state index in [-0.39, 0.29) is 24.4 Å². The summed E-state index contributed by atoms with van der Waals surface area (Å²) in [5.74, 6) is 0.320. The second-order valence-corrected chi connectivity index (χ2v) is 5.66. The molecule has 3 aromatic rings. The number of amides is 1. The quantitative estimate of drug-likeness (QED) is 0.656. The van der Waals surface area contributed by atoms with E-state index in [1.54, 1.807) is 12.1 Å². The van der Waals surface area contributed by atoms with Crippen LogP contribution in [0.5, 0.6) is 0 Å². The molecule has 0 spiro atoms. The third kappa shape index (κ3) is 4.66. The van der Waals surface area contributed by atoms with Crippen LogP contribution in [0.15, 0.2) is 65.5 Å². The van der Waals surface area contributed by atoms with Crippen LogP contribution >= 0.6 is 0 Å². The fraction of sp³-hybridized carbons (Fsp3) is 0.100. The Morgan fingerprint density at radius 3 is 2.41 bits per heavy atom. The van der Waals surface area contributed by atoms with E-state index in [0.717, 1.165) is 5.56 Å². The largest absolute Gasteiger partial charge is 0.444 e. The predicted octanol–water partition coefficient (Wildman–Crippen LogP) is 2.93. The lowest BCUT2D eigenvalue weighted by Gasteiger charge is -2.11. The topological polar surface area (TPSA) is 101 Å². The number of benzene rings is 2. The lowest BCUT2D eigenvalue weighted by atomic mass is 10.2. The Balaban J connectivity index is 1.80. The first-order chi connectivity index (χ1) is 13.2. The van der Waals surface area contributed by atoms with E-state index in [4.69, 9.17) is 4.74 Å². The van der Waals surface area contributed by atoms with Gasteiger partial charge in [0.2, 0.25) is 0 Å². The number of nitrogens with one attached hydrogen (secondary N) is 2. The highest BCUT2D eigenvalue weighted by molar-refractivity contribution is 5.85. The highest BCUT2D eigenvalue weighted by Gasteiger charge is 2.15. The molecule has 1 heterocycles. The summed E-state index contributed by atoms with van der Waals surface area (Å²) in [7, 11) is 0. The van der Waals surface area contributed by atoms with E-state index in [0.29, 0.717) is 17.7 Å². The molecular weight excluding hydrogens is 346 g/mol. The normalized spacial score (nSPS) is 10.2. The Hall–Kier alpha value is -3.74. The van der Waals surface area contributed by atoms with Gasteiger partial charge in [0, 0.05) is 12.0 Å². The van der Waals surface area contributed by atoms with Crippen LogP contribution in [0.2, 0.25) is 0 Å². The lowest BCUT2D eigenvalue weighted by molar-refractivity contribution is -0.107. The second-order valence-electron chi connectivity index (χ2n) is 5.66. The van der Waals surface area contributed by atoms with Gasteiger partial charge in [0.15, 0.2) is 0 Å². The number of hydrogen-bond donors (Lipinski definition) is 2. The van der Waals surface area contributed by atoms with Crippen molar-refractivity contribution in [2.75, 3.05) is 5.32 Å². The number of carbonyl (C=O) groups is 2. The molecule has 7 heteroatoms. The fourth-order valence-corrected chi connectivity index (χ4v) is 2.47. The van der Waals surface area contributed by atoms with Crippen LogP contribution in [0.3, 0.4) is 0 Å². The first-order valence-electron chi connectivity index (χ1n) is 8.27. The van der Waals surface area contributed by atoms with Crippen molar-refractivity contribution >= 4 is 18.1 Å². The fourth-order valence-electron chi connectivity index (χ4n) is 2.47. The highest BCUT2D eigenvalue weighted by Crippen LogP contribution is 2.16. The van der Waals surface area contributed by atoms with E-state index in [9.17, 15) is 14.4 Å². The molecule has 0 radical (unpaired) electrons. The molecule has 3 rings (SSSR count). The molecular formula is C20H17N3O4. The number of anilines is 1. The predicted molar refractivity (Wildman–Crippen MR) is 100 cm³/mol. The molecule has 136 valence electrons. The molecule has 2 aromatic carbocycles. The van der Waals surface area contributed by atoms with Crippen molar-refractivity contribution in [3.63, 3.8) is 0 Å². The third-order valence-corrected chi connectivity index (χ3v) is 3.76. The van der Waals surface area contributed by atoms with Crippen molar-refractivity contribution in [3.05, 3.63) is 82.3 Å². The van der Waals surface area contributed by atoms with Crippen LogP contribution in [0, 0.1) is 0 Å². The van der Waals surface area contributed by atoms with Crippen LogP contribution in [0.25, 0.3) is 11.4 Å². The van der Waals surface area contributed by atoms with Crippen molar-refractivity contribution < 1.29 is 14.3 Å². The van der Waals surface area contributed by atoms with Gasteiger partial charge in [-0.2, -0.15) is 0 Å². The second kappa shape index (κ2) is 8.57. The number of rotatable bonds is 6. The summed E-state index contributed by atoms with van der Waals surface area (Å²) in [6.07, 6.45) is -0.291. The first-order valence-corrected chi connectivity index (χ1v) is 8.27.